The van der Waals surface area contributed by atoms with Crippen molar-refractivity contribution < 1.29 is 8.42 Å². The first kappa shape index (κ1) is 21.1. The highest BCUT2D eigenvalue weighted by Gasteiger charge is 2.04. The zero-order valence-electron chi connectivity index (χ0n) is 14.8. The average molecular weight is 534 g/mol. The number of H-pyrrole nitrogens is 1. The molecule has 0 unspecified atom stereocenters. The average Bonchev–Trinajstić information content (AvgIpc) is 3.36. The molecule has 9 heteroatoms. The number of nitrogens with one attached hydrogen (secondary N) is 1. The minimum Gasteiger partial charge on any atom is -0.346 e. The van der Waals surface area contributed by atoms with E-state index in [2.05, 4.69) is 75.6 Å². The summed E-state index contributed by atoms with van der Waals surface area (Å²) in [4.78, 5) is 11.7. The van der Waals surface area contributed by atoms with Crippen LogP contribution in [0.15, 0.2) is 88.3 Å². The minimum absolute atomic E-state index is 0.750. The third-order valence-corrected chi connectivity index (χ3v) is 4.80. The van der Waals surface area contributed by atoms with Crippen LogP contribution in [0.1, 0.15) is 0 Å². The normalized spacial score (nSPS) is 10.0. The van der Waals surface area contributed by atoms with Crippen molar-refractivity contribution in [2.45, 2.75) is 0 Å². The van der Waals surface area contributed by atoms with Crippen LogP contribution < -0.4 is 0 Å². The molecule has 0 aliphatic carbocycles. The van der Waals surface area contributed by atoms with Gasteiger partial charge in [0.05, 0.1) is 0 Å². The van der Waals surface area contributed by atoms with Crippen molar-refractivity contribution in [3.05, 3.63) is 88.3 Å². The molecular formula is C20H14Br2N4O2S. The SMILES string of the molecule is Brc1ccc2cc[nH]c2n1.Brc1ccc2ccn(-c3ccccc3)c2n1.O=S=O. The number of aromatic amines is 1. The quantitative estimate of drug-likeness (QED) is 0.291. The Kier molecular flexibility index (Phi) is 7.45. The van der Waals surface area contributed by atoms with E-state index in [1.165, 1.54) is 0 Å². The fourth-order valence-electron chi connectivity index (χ4n) is 2.69. The number of aromatic nitrogens is 4. The lowest BCUT2D eigenvalue weighted by molar-refractivity contribution is 0.630. The summed E-state index contributed by atoms with van der Waals surface area (Å²) in [6, 6.07) is 22.2. The van der Waals surface area contributed by atoms with Gasteiger partial charge in [0.1, 0.15) is 20.5 Å². The first-order valence-electron chi connectivity index (χ1n) is 8.33. The van der Waals surface area contributed by atoms with Crippen LogP contribution in [-0.4, -0.2) is 27.9 Å². The molecule has 0 saturated heterocycles. The molecule has 0 saturated carbocycles. The van der Waals surface area contributed by atoms with E-state index in [0.29, 0.717) is 0 Å². The third-order valence-electron chi connectivity index (χ3n) is 3.91. The first-order chi connectivity index (χ1) is 14.1. The minimum atomic E-state index is -0.750. The van der Waals surface area contributed by atoms with Gasteiger partial charge in [-0.1, -0.05) is 18.2 Å². The van der Waals surface area contributed by atoms with Crippen molar-refractivity contribution in [1.82, 2.24) is 19.5 Å². The van der Waals surface area contributed by atoms with E-state index in [-0.39, 0.29) is 0 Å². The Morgan fingerprint density at radius 1 is 0.793 bits per heavy atom. The highest BCUT2D eigenvalue weighted by molar-refractivity contribution is 9.10. The van der Waals surface area contributed by atoms with Crippen molar-refractivity contribution in [2.24, 2.45) is 0 Å². The maximum atomic E-state index is 8.29. The number of pyridine rings is 2. The second-order valence-corrected chi connectivity index (χ2v) is 7.45. The fraction of sp³-hybridized carbons (Fsp3) is 0. The number of rotatable bonds is 1. The molecule has 0 fully saturated rings. The molecule has 0 aliphatic heterocycles. The van der Waals surface area contributed by atoms with Crippen molar-refractivity contribution in [2.75, 3.05) is 0 Å². The lowest BCUT2D eigenvalue weighted by Crippen LogP contribution is -1.93. The lowest BCUT2D eigenvalue weighted by Gasteiger charge is -2.03. The number of hydrogen-bond donors (Lipinski definition) is 1. The monoisotopic (exact) mass is 532 g/mol. The number of fused-ring (bicyclic) bond motifs is 2. The number of para-hydroxylation sites is 1. The molecule has 0 bridgehead atoms. The van der Waals surface area contributed by atoms with Crippen LogP contribution in [0.25, 0.3) is 27.8 Å². The Labute approximate surface area is 186 Å². The van der Waals surface area contributed by atoms with Gasteiger partial charge in [0.25, 0.3) is 0 Å². The van der Waals surface area contributed by atoms with Crippen LogP contribution in [0.4, 0.5) is 0 Å². The highest BCUT2D eigenvalue weighted by atomic mass is 79.9. The van der Waals surface area contributed by atoms with Crippen LogP contribution in [0, 0.1) is 0 Å². The summed E-state index contributed by atoms with van der Waals surface area (Å²) in [5, 5.41) is 2.29. The second-order valence-electron chi connectivity index (χ2n) is 5.69. The largest absolute Gasteiger partial charge is 0.346 e. The Morgan fingerprint density at radius 2 is 1.45 bits per heavy atom. The maximum Gasteiger partial charge on any atom is 0.335 e. The van der Waals surface area contributed by atoms with E-state index in [1.807, 2.05) is 54.9 Å². The molecule has 0 radical (unpaired) electrons. The standard InChI is InChI=1S/C13H9BrN2.C7H5BrN2.O2S/c14-12-7-6-10-8-9-16(13(10)15-12)11-4-2-1-3-5-11;8-6-2-1-5-3-4-9-7(5)10-6;1-3-2/h1-9H;1-4H,(H,9,10);. The predicted molar refractivity (Wildman–Crippen MR) is 121 cm³/mol. The second kappa shape index (κ2) is 10.2. The van der Waals surface area contributed by atoms with E-state index >= 15 is 0 Å². The smallest absolute Gasteiger partial charge is 0.335 e. The molecule has 4 aromatic heterocycles. The third kappa shape index (κ3) is 5.47. The zero-order chi connectivity index (χ0) is 20.6. The van der Waals surface area contributed by atoms with Gasteiger partial charge in [0.2, 0.25) is 0 Å². The summed E-state index contributed by atoms with van der Waals surface area (Å²) >= 11 is 5.94. The maximum absolute atomic E-state index is 8.29. The van der Waals surface area contributed by atoms with E-state index in [4.69, 9.17) is 8.42 Å². The molecule has 0 amide bonds. The number of hydrogen-bond acceptors (Lipinski definition) is 4. The van der Waals surface area contributed by atoms with Crippen molar-refractivity contribution >= 4 is 65.5 Å². The van der Waals surface area contributed by atoms with Gasteiger partial charge in [0.15, 0.2) is 0 Å². The predicted octanol–water partition coefficient (Wildman–Crippen LogP) is 5.44. The van der Waals surface area contributed by atoms with Crippen LogP contribution in [-0.2, 0) is 11.6 Å². The molecular weight excluding hydrogens is 520 g/mol. The van der Waals surface area contributed by atoms with Crippen molar-refractivity contribution in [3.8, 4) is 5.69 Å². The number of nitrogens with zero attached hydrogens (tertiary/aromatic N) is 3. The Hall–Kier alpha value is -2.62. The summed E-state index contributed by atoms with van der Waals surface area (Å²) in [7, 11) is 0. The van der Waals surface area contributed by atoms with Crippen LogP contribution in [0.3, 0.4) is 0 Å². The van der Waals surface area contributed by atoms with Gasteiger partial charge in [-0.2, -0.15) is 8.42 Å². The number of halogens is 2. The molecule has 146 valence electrons. The Bertz CT molecular complexity index is 1270. The number of benzene rings is 1. The topological polar surface area (TPSA) is 80.6 Å². The zero-order valence-corrected chi connectivity index (χ0v) is 18.8. The first-order valence-corrected chi connectivity index (χ1v) is 10.6. The molecule has 5 aromatic rings. The molecule has 0 atom stereocenters. The van der Waals surface area contributed by atoms with Gasteiger partial charge in [-0.3, -0.25) is 0 Å². The van der Waals surface area contributed by atoms with E-state index in [9.17, 15) is 0 Å². The summed E-state index contributed by atoms with van der Waals surface area (Å²) in [6.45, 7) is 0. The Balaban J connectivity index is 0.000000158. The summed E-state index contributed by atoms with van der Waals surface area (Å²) < 4.78 is 20.4. The van der Waals surface area contributed by atoms with Crippen molar-refractivity contribution in [1.29, 1.82) is 0 Å². The van der Waals surface area contributed by atoms with Gasteiger partial charge in [-0.25, -0.2) is 9.97 Å². The van der Waals surface area contributed by atoms with E-state index < -0.39 is 11.6 Å². The molecule has 0 aliphatic rings. The van der Waals surface area contributed by atoms with Crippen LogP contribution >= 0.6 is 31.9 Å². The highest BCUT2D eigenvalue weighted by Crippen LogP contribution is 2.20. The molecule has 0 spiro atoms. The van der Waals surface area contributed by atoms with E-state index in [1.54, 1.807) is 0 Å². The van der Waals surface area contributed by atoms with Gasteiger partial charge in [-0.05, 0) is 80.4 Å². The summed E-state index contributed by atoms with van der Waals surface area (Å²) in [5.41, 5.74) is 3.03. The van der Waals surface area contributed by atoms with Gasteiger partial charge in [0, 0.05) is 28.9 Å². The molecule has 5 rings (SSSR count). The van der Waals surface area contributed by atoms with Gasteiger partial charge < -0.3 is 9.55 Å². The van der Waals surface area contributed by atoms with Crippen LogP contribution in [0.2, 0.25) is 0 Å². The van der Waals surface area contributed by atoms with Crippen LogP contribution in [0.5, 0.6) is 0 Å². The summed E-state index contributed by atoms with van der Waals surface area (Å²) in [5.74, 6) is 0. The molecule has 1 aromatic carbocycles. The molecule has 29 heavy (non-hydrogen) atoms. The molecule has 1 N–H and O–H groups in total. The van der Waals surface area contributed by atoms with Crippen molar-refractivity contribution in [3.63, 3.8) is 0 Å². The summed E-state index contributed by atoms with van der Waals surface area (Å²) in [6.07, 6.45) is 3.92. The fourth-order valence-corrected chi connectivity index (χ4v) is 3.30. The van der Waals surface area contributed by atoms with E-state index in [0.717, 1.165) is 37.0 Å². The molecule has 4 heterocycles. The lowest BCUT2D eigenvalue weighted by atomic mass is 10.3. The molecule has 6 nitrogen and oxygen atoms in total. The van der Waals surface area contributed by atoms with Gasteiger partial charge in [-0.15, -0.1) is 0 Å². The Morgan fingerprint density at radius 3 is 2.17 bits per heavy atom. The van der Waals surface area contributed by atoms with Gasteiger partial charge >= 0.3 is 11.6 Å².